The second kappa shape index (κ2) is 12.9. The van der Waals surface area contributed by atoms with Gasteiger partial charge in [-0.1, -0.05) is 36.4 Å². The largest absolute Gasteiger partial charge is 0.393 e. The number of benzene rings is 2. The molecule has 2 aliphatic heterocycles. The highest BCUT2D eigenvalue weighted by Crippen LogP contribution is 2.65. The van der Waals surface area contributed by atoms with Crippen molar-refractivity contribution < 1.29 is 17.7 Å². The Bertz CT molecular complexity index is 1060. The van der Waals surface area contributed by atoms with E-state index in [1.807, 2.05) is 38.1 Å². The average Bonchev–Trinajstić information content (AvgIpc) is 3.37. The third kappa shape index (κ3) is 7.90. The van der Waals surface area contributed by atoms with Crippen LogP contribution in [0.4, 0.5) is 0 Å². The predicted octanol–water partition coefficient (Wildman–Crippen LogP) is 4.68. The summed E-state index contributed by atoms with van der Waals surface area (Å²) in [5.74, 6) is 0. The number of rotatable bonds is 8. The summed E-state index contributed by atoms with van der Waals surface area (Å²) in [4.78, 5) is 0. The predicted molar refractivity (Wildman–Crippen MR) is 160 cm³/mol. The highest BCUT2D eigenvalue weighted by Gasteiger charge is 2.48. The van der Waals surface area contributed by atoms with E-state index in [2.05, 4.69) is 36.4 Å². The van der Waals surface area contributed by atoms with E-state index in [-0.39, 0.29) is 12.2 Å². The van der Waals surface area contributed by atoms with Gasteiger partial charge in [-0.3, -0.25) is 4.18 Å². The minimum Gasteiger partial charge on any atom is -0.393 e. The molecule has 192 valence electrons. The molecule has 2 aromatic rings. The Hall–Kier alpha value is -0.700. The first-order chi connectivity index (χ1) is 16.9. The lowest BCUT2D eigenvalue weighted by atomic mass is 10.1. The monoisotopic (exact) mass is 544 g/mol. The fraction of sp³-hybridized carbons (Fsp3) is 0.556. The molecule has 0 spiro atoms. The van der Waals surface area contributed by atoms with E-state index in [9.17, 15) is 13.5 Å². The summed E-state index contributed by atoms with van der Waals surface area (Å²) >= 11 is 0. The van der Waals surface area contributed by atoms with Gasteiger partial charge >= 0.3 is 15.1 Å². The van der Waals surface area contributed by atoms with Crippen molar-refractivity contribution in [3.8, 4) is 0 Å². The van der Waals surface area contributed by atoms with Crippen molar-refractivity contribution in [3.05, 3.63) is 60.7 Å². The highest BCUT2D eigenvalue weighted by molar-refractivity contribution is 8.04. The van der Waals surface area contributed by atoms with Crippen molar-refractivity contribution in [3.63, 3.8) is 0 Å². The molecule has 4 rings (SSSR count). The standard InChI is InChI=1S/C14H21BO3PS.C13H19BOP/c1-12(18-20(2,16)17)11-14-9-6-10-19(14,15)13-7-4-3-5-8-13;1-11(15)10-13-8-5-9-16(13,14)12-6-3-2-4-7-12/h3-5,7-8,12,14H,6,9-11H2,1-2H3;2-4,6-7,11,13,15H,5,8-10H2,1H3/q2*+1/t12-,14+,19?;11-,13+,16?/m00/s1. The molecule has 2 heterocycles. The van der Waals surface area contributed by atoms with Gasteiger partial charge in [0.1, 0.15) is 0 Å². The molecular weight excluding hydrogens is 504 g/mol. The Morgan fingerprint density at radius 2 is 1.28 bits per heavy atom. The molecule has 0 saturated carbocycles. The minimum absolute atomic E-state index is 0.227. The van der Waals surface area contributed by atoms with Gasteiger partial charge in [-0.25, -0.2) is 0 Å². The fourth-order valence-electron chi connectivity index (χ4n) is 5.82. The molecule has 0 amide bonds. The molecule has 0 aromatic heterocycles. The van der Waals surface area contributed by atoms with Crippen LogP contribution < -0.4 is 10.6 Å². The van der Waals surface area contributed by atoms with E-state index in [4.69, 9.17) is 19.3 Å². The molecule has 1 N–H and O–H groups in total. The number of aliphatic hydroxyl groups excluding tert-OH is 1. The smallest absolute Gasteiger partial charge is 0.371 e. The number of hydrogen-bond donors (Lipinski definition) is 1. The lowest BCUT2D eigenvalue weighted by Crippen LogP contribution is -2.25. The van der Waals surface area contributed by atoms with Gasteiger partial charge in [0.2, 0.25) is 0 Å². The lowest BCUT2D eigenvalue weighted by molar-refractivity contribution is 0.183. The van der Waals surface area contributed by atoms with E-state index in [1.165, 1.54) is 23.5 Å². The summed E-state index contributed by atoms with van der Waals surface area (Å²) in [6.45, 7) is 3.68. The average molecular weight is 544 g/mol. The van der Waals surface area contributed by atoms with Crippen LogP contribution in [0.15, 0.2) is 60.7 Å². The quantitative estimate of drug-likeness (QED) is 0.298. The molecule has 2 fully saturated rings. The van der Waals surface area contributed by atoms with E-state index < -0.39 is 24.4 Å². The van der Waals surface area contributed by atoms with Gasteiger partial charge < -0.3 is 5.11 Å². The molecule has 2 unspecified atom stereocenters. The minimum atomic E-state index is -3.40. The molecule has 4 nitrogen and oxygen atoms in total. The maximum Gasteiger partial charge on any atom is 0.371 e. The third-order valence-corrected chi connectivity index (χ3v) is 16.3. The van der Waals surface area contributed by atoms with Crippen molar-refractivity contribution in [1.82, 2.24) is 0 Å². The molecule has 36 heavy (non-hydrogen) atoms. The van der Waals surface area contributed by atoms with Crippen LogP contribution in [-0.4, -0.2) is 70.8 Å². The summed E-state index contributed by atoms with van der Waals surface area (Å²) in [6.07, 6.45) is 8.93. The van der Waals surface area contributed by atoms with Gasteiger partial charge in [0.25, 0.3) is 10.1 Å². The zero-order valence-electron chi connectivity index (χ0n) is 21.9. The van der Waals surface area contributed by atoms with Gasteiger partial charge in [0.05, 0.1) is 40.4 Å². The molecule has 6 atom stereocenters. The highest BCUT2D eigenvalue weighted by atomic mass is 32.2. The first kappa shape index (κ1) is 29.8. The molecule has 2 saturated heterocycles. The van der Waals surface area contributed by atoms with Gasteiger partial charge in [-0.2, -0.15) is 8.42 Å². The fourth-order valence-corrected chi connectivity index (χ4v) is 14.1. The van der Waals surface area contributed by atoms with Crippen molar-refractivity contribution in [2.75, 3.05) is 18.6 Å². The molecule has 0 bridgehead atoms. The second-order valence-electron chi connectivity index (χ2n) is 10.5. The first-order valence-electron chi connectivity index (χ1n) is 12.9. The molecule has 9 heteroatoms. The molecule has 2 aliphatic rings. The van der Waals surface area contributed by atoms with Crippen LogP contribution in [0.1, 0.15) is 52.4 Å². The number of aliphatic hydroxyl groups is 1. The molecule has 2 aromatic carbocycles. The topological polar surface area (TPSA) is 63.6 Å². The normalized spacial score (nSPS) is 29.8. The zero-order chi connectivity index (χ0) is 26.4. The Kier molecular flexibility index (Phi) is 10.7. The van der Waals surface area contributed by atoms with Crippen molar-refractivity contribution >= 4 is 50.1 Å². The van der Waals surface area contributed by atoms with E-state index >= 15 is 0 Å². The second-order valence-corrected chi connectivity index (χ2v) is 19.2. The van der Waals surface area contributed by atoms with E-state index in [1.54, 1.807) is 0 Å². The van der Waals surface area contributed by atoms with Crippen LogP contribution in [0.3, 0.4) is 0 Å². The summed E-state index contributed by atoms with van der Waals surface area (Å²) in [5, 5.41) is 12.1. The van der Waals surface area contributed by atoms with Crippen LogP contribution >= 0.6 is 14.3 Å². The van der Waals surface area contributed by atoms with Gasteiger partial charge in [0.15, 0.2) is 0 Å². The summed E-state index contributed by atoms with van der Waals surface area (Å²) in [7, 11) is 6.85. The maximum absolute atomic E-state index is 11.2. The van der Waals surface area contributed by atoms with Gasteiger partial charge in [-0.15, -0.1) is 0 Å². The van der Waals surface area contributed by atoms with E-state index in [0.717, 1.165) is 37.8 Å². The van der Waals surface area contributed by atoms with Crippen LogP contribution in [0, 0.1) is 0 Å². The van der Waals surface area contributed by atoms with Crippen molar-refractivity contribution in [1.29, 1.82) is 0 Å². The van der Waals surface area contributed by atoms with Crippen molar-refractivity contribution in [2.24, 2.45) is 0 Å². The molecular formula is C27H40B2O4P2S+2. The summed E-state index contributed by atoms with van der Waals surface area (Å²) in [5.41, 5.74) is 0.886. The van der Waals surface area contributed by atoms with Crippen LogP contribution in [0.25, 0.3) is 0 Å². The van der Waals surface area contributed by atoms with Gasteiger partial charge in [0, 0.05) is 25.2 Å². The lowest BCUT2D eigenvalue weighted by Gasteiger charge is -2.27. The third-order valence-electron chi connectivity index (χ3n) is 7.46. The Balaban J connectivity index is 0.000000205. The van der Waals surface area contributed by atoms with Crippen LogP contribution in [-0.2, 0) is 14.3 Å². The van der Waals surface area contributed by atoms with Gasteiger partial charge in [-0.05, 0) is 78.1 Å². The summed E-state index contributed by atoms with van der Waals surface area (Å²) in [6, 6.07) is 20.8. The molecule has 0 aliphatic carbocycles. The van der Waals surface area contributed by atoms with Crippen LogP contribution in [0.5, 0.6) is 0 Å². The first-order valence-corrected chi connectivity index (χ1v) is 19.0. The number of hydrogen-bond acceptors (Lipinski definition) is 4. The van der Waals surface area contributed by atoms with E-state index in [0.29, 0.717) is 17.7 Å². The SMILES string of the molecule is [B][P+]1(c2ccccc2)CCC[C@@H]1C[C@H](C)O.[B][P+]1(c2ccccc2)CCC[C@@H]1C[C@H](C)OS(C)(=O)=O. The maximum atomic E-state index is 11.2. The van der Waals surface area contributed by atoms with Crippen molar-refractivity contribution in [2.45, 2.75) is 75.9 Å². The van der Waals surface area contributed by atoms with Crippen LogP contribution in [0.2, 0.25) is 0 Å². The summed E-state index contributed by atoms with van der Waals surface area (Å²) < 4.78 is 27.5. The zero-order valence-corrected chi connectivity index (χ0v) is 24.5. The Morgan fingerprint density at radius 3 is 1.67 bits per heavy atom. The Labute approximate surface area is 222 Å². The molecule has 4 radical (unpaired) electrons. The Morgan fingerprint density at radius 1 is 0.861 bits per heavy atom.